The lowest BCUT2D eigenvalue weighted by Gasteiger charge is -2.35. The van der Waals surface area contributed by atoms with Crippen molar-refractivity contribution < 1.29 is 4.79 Å². The Labute approximate surface area is 76.1 Å². The molecule has 0 aliphatic heterocycles. The van der Waals surface area contributed by atoms with Gasteiger partial charge in [-0.25, -0.2) is 0 Å². The van der Waals surface area contributed by atoms with E-state index in [4.69, 9.17) is 0 Å². The third-order valence-electron chi connectivity index (χ3n) is 2.31. The quantitative estimate of drug-likeness (QED) is 0.649. The highest BCUT2D eigenvalue weighted by atomic mass is 79.9. The molecule has 3 heteroatoms. The molecule has 0 aromatic rings. The van der Waals surface area contributed by atoms with E-state index in [1.165, 1.54) is 19.3 Å². The van der Waals surface area contributed by atoms with Crippen molar-refractivity contribution in [3.63, 3.8) is 0 Å². The molecular weight excluding hydrogens is 206 g/mol. The van der Waals surface area contributed by atoms with Gasteiger partial charge in [0.2, 0.25) is 5.91 Å². The standard InChI is InChI=1S/C8H14BrNO/c1-6(9)8(11)10(2)7-4-3-5-7/h6-7H,3-5H2,1-2H3. The maximum absolute atomic E-state index is 11.4. The largest absolute Gasteiger partial charge is 0.342 e. The summed E-state index contributed by atoms with van der Waals surface area (Å²) in [5, 5.41) is 0. The first-order valence-corrected chi connectivity index (χ1v) is 4.95. The van der Waals surface area contributed by atoms with Crippen molar-refractivity contribution in [3.05, 3.63) is 0 Å². The maximum Gasteiger partial charge on any atom is 0.236 e. The summed E-state index contributed by atoms with van der Waals surface area (Å²) >= 11 is 3.27. The van der Waals surface area contributed by atoms with Crippen molar-refractivity contribution in [2.24, 2.45) is 0 Å². The number of amides is 1. The molecule has 0 N–H and O–H groups in total. The lowest BCUT2D eigenvalue weighted by Crippen LogP contribution is -2.43. The van der Waals surface area contributed by atoms with E-state index in [-0.39, 0.29) is 10.7 Å². The fraction of sp³-hybridized carbons (Fsp3) is 0.875. The molecular formula is C8H14BrNO. The summed E-state index contributed by atoms with van der Waals surface area (Å²) in [6.07, 6.45) is 3.64. The van der Waals surface area contributed by atoms with Gasteiger partial charge in [-0.2, -0.15) is 0 Å². The normalized spacial score (nSPS) is 20.6. The number of rotatable bonds is 2. The summed E-state index contributed by atoms with van der Waals surface area (Å²) in [4.78, 5) is 13.2. The summed E-state index contributed by atoms with van der Waals surface area (Å²) in [6.45, 7) is 1.87. The molecule has 0 spiro atoms. The zero-order chi connectivity index (χ0) is 8.43. The molecule has 64 valence electrons. The van der Waals surface area contributed by atoms with Gasteiger partial charge in [-0.3, -0.25) is 4.79 Å². The van der Waals surface area contributed by atoms with Crippen molar-refractivity contribution in [2.75, 3.05) is 7.05 Å². The van der Waals surface area contributed by atoms with E-state index < -0.39 is 0 Å². The Bertz CT molecular complexity index is 154. The Balaban J connectivity index is 2.39. The Hall–Kier alpha value is -0.0500. The smallest absolute Gasteiger partial charge is 0.236 e. The molecule has 1 fully saturated rings. The minimum absolute atomic E-state index is 0.0342. The Morgan fingerprint density at radius 3 is 2.45 bits per heavy atom. The van der Waals surface area contributed by atoms with E-state index >= 15 is 0 Å². The van der Waals surface area contributed by atoms with Crippen LogP contribution < -0.4 is 0 Å². The van der Waals surface area contributed by atoms with E-state index in [9.17, 15) is 4.79 Å². The van der Waals surface area contributed by atoms with Gasteiger partial charge < -0.3 is 4.90 Å². The highest BCUT2D eigenvalue weighted by molar-refractivity contribution is 9.10. The second kappa shape index (κ2) is 3.57. The average Bonchev–Trinajstić information content (AvgIpc) is 1.82. The monoisotopic (exact) mass is 219 g/mol. The average molecular weight is 220 g/mol. The van der Waals surface area contributed by atoms with Crippen molar-refractivity contribution in [1.29, 1.82) is 0 Å². The van der Waals surface area contributed by atoms with Gasteiger partial charge in [-0.15, -0.1) is 0 Å². The van der Waals surface area contributed by atoms with Crippen molar-refractivity contribution in [3.8, 4) is 0 Å². The minimum atomic E-state index is -0.0342. The van der Waals surface area contributed by atoms with Crippen LogP contribution in [-0.4, -0.2) is 28.7 Å². The zero-order valence-corrected chi connectivity index (χ0v) is 8.60. The van der Waals surface area contributed by atoms with Gasteiger partial charge in [0, 0.05) is 13.1 Å². The zero-order valence-electron chi connectivity index (χ0n) is 7.01. The molecule has 1 amide bonds. The molecule has 0 heterocycles. The lowest BCUT2D eigenvalue weighted by atomic mass is 9.92. The molecule has 1 atom stereocenters. The predicted octanol–water partition coefficient (Wildman–Crippen LogP) is 1.78. The number of carbonyl (C=O) groups excluding carboxylic acids is 1. The fourth-order valence-electron chi connectivity index (χ4n) is 1.23. The number of carbonyl (C=O) groups is 1. The SMILES string of the molecule is CC(Br)C(=O)N(C)C1CCC1. The number of nitrogens with zero attached hydrogens (tertiary/aromatic N) is 1. The summed E-state index contributed by atoms with van der Waals surface area (Å²) in [5.74, 6) is 0.203. The molecule has 0 radical (unpaired) electrons. The van der Waals surface area contributed by atoms with Crippen molar-refractivity contribution >= 4 is 21.8 Å². The van der Waals surface area contributed by atoms with Gasteiger partial charge in [-0.05, 0) is 26.2 Å². The van der Waals surface area contributed by atoms with E-state index in [1.807, 2.05) is 18.9 Å². The number of hydrogen-bond acceptors (Lipinski definition) is 1. The van der Waals surface area contributed by atoms with Gasteiger partial charge in [0.05, 0.1) is 4.83 Å². The molecule has 1 aliphatic carbocycles. The second-order valence-electron chi connectivity index (χ2n) is 3.15. The Morgan fingerprint density at radius 2 is 2.18 bits per heavy atom. The van der Waals surface area contributed by atoms with Crippen LogP contribution in [0, 0.1) is 0 Å². The molecule has 1 rings (SSSR count). The summed E-state index contributed by atoms with van der Waals surface area (Å²) in [5.41, 5.74) is 0. The van der Waals surface area contributed by atoms with Crippen LogP contribution in [0.4, 0.5) is 0 Å². The van der Waals surface area contributed by atoms with Crippen LogP contribution in [0.2, 0.25) is 0 Å². The van der Waals surface area contributed by atoms with Gasteiger partial charge in [0.15, 0.2) is 0 Å². The van der Waals surface area contributed by atoms with E-state index in [2.05, 4.69) is 15.9 Å². The molecule has 1 aliphatic rings. The number of halogens is 1. The maximum atomic E-state index is 11.4. The van der Waals surface area contributed by atoms with Crippen LogP contribution in [0.5, 0.6) is 0 Å². The Morgan fingerprint density at radius 1 is 1.64 bits per heavy atom. The van der Waals surface area contributed by atoms with Crippen LogP contribution in [0.15, 0.2) is 0 Å². The summed E-state index contributed by atoms with van der Waals surface area (Å²) < 4.78 is 0. The first-order valence-electron chi connectivity index (χ1n) is 4.03. The van der Waals surface area contributed by atoms with Gasteiger partial charge in [0.1, 0.15) is 0 Å². The van der Waals surface area contributed by atoms with Crippen molar-refractivity contribution in [2.45, 2.75) is 37.1 Å². The molecule has 11 heavy (non-hydrogen) atoms. The molecule has 1 saturated carbocycles. The molecule has 2 nitrogen and oxygen atoms in total. The third kappa shape index (κ3) is 1.95. The van der Waals surface area contributed by atoms with Crippen LogP contribution in [0.25, 0.3) is 0 Å². The molecule has 0 aromatic carbocycles. The molecule has 1 unspecified atom stereocenters. The predicted molar refractivity (Wildman–Crippen MR) is 48.8 cm³/mol. The molecule has 0 aromatic heterocycles. The van der Waals surface area contributed by atoms with E-state index in [1.54, 1.807) is 0 Å². The first kappa shape index (κ1) is 9.04. The van der Waals surface area contributed by atoms with Crippen LogP contribution in [-0.2, 0) is 4.79 Å². The summed E-state index contributed by atoms with van der Waals surface area (Å²) in [7, 11) is 1.89. The number of hydrogen-bond donors (Lipinski definition) is 0. The van der Waals surface area contributed by atoms with Gasteiger partial charge in [0.25, 0.3) is 0 Å². The highest BCUT2D eigenvalue weighted by Gasteiger charge is 2.26. The third-order valence-corrected chi connectivity index (χ3v) is 2.70. The lowest BCUT2D eigenvalue weighted by molar-refractivity contribution is -0.132. The minimum Gasteiger partial charge on any atom is -0.342 e. The fourth-order valence-corrected chi connectivity index (χ4v) is 1.56. The van der Waals surface area contributed by atoms with E-state index in [0.29, 0.717) is 6.04 Å². The first-order chi connectivity index (χ1) is 5.13. The van der Waals surface area contributed by atoms with Crippen molar-refractivity contribution in [1.82, 2.24) is 4.90 Å². The van der Waals surface area contributed by atoms with Crippen LogP contribution in [0.1, 0.15) is 26.2 Å². The van der Waals surface area contributed by atoms with Crippen LogP contribution in [0.3, 0.4) is 0 Å². The second-order valence-corrected chi connectivity index (χ2v) is 4.52. The van der Waals surface area contributed by atoms with Gasteiger partial charge in [-0.1, -0.05) is 15.9 Å². The number of alkyl halides is 1. The molecule has 0 bridgehead atoms. The highest BCUT2D eigenvalue weighted by Crippen LogP contribution is 2.24. The molecule has 0 saturated heterocycles. The van der Waals surface area contributed by atoms with E-state index in [0.717, 1.165) is 0 Å². The van der Waals surface area contributed by atoms with Crippen LogP contribution >= 0.6 is 15.9 Å². The topological polar surface area (TPSA) is 20.3 Å². The van der Waals surface area contributed by atoms with Gasteiger partial charge >= 0.3 is 0 Å². The summed E-state index contributed by atoms with van der Waals surface area (Å²) in [6, 6.07) is 0.516. The Kier molecular flexibility index (Phi) is 2.93.